The molecule has 0 unspecified atom stereocenters. The molecule has 0 amide bonds. The number of likely N-dealkylation sites (N-methyl/N-ethyl adjacent to an activating group) is 1. The summed E-state index contributed by atoms with van der Waals surface area (Å²) in [6.07, 6.45) is 0. The van der Waals surface area contributed by atoms with E-state index < -0.39 is 16.0 Å². The molecule has 2 N–H and O–H groups in total. The third kappa shape index (κ3) is 5.80. The predicted octanol–water partition coefficient (Wildman–Crippen LogP) is 0.241. The molecule has 21 heavy (non-hydrogen) atoms. The molecule has 7 nitrogen and oxygen atoms in total. The monoisotopic (exact) mass is 316 g/mol. The second kappa shape index (κ2) is 8.08. The maximum atomic E-state index is 12.0. The summed E-state index contributed by atoms with van der Waals surface area (Å²) in [5, 5.41) is 8.77. The fourth-order valence-electron chi connectivity index (χ4n) is 1.59. The number of nitrogens with zero attached hydrogens (tertiary/aromatic N) is 1. The number of benzene rings is 1. The highest BCUT2D eigenvalue weighted by Crippen LogP contribution is 2.10. The van der Waals surface area contributed by atoms with Gasteiger partial charge >= 0.3 is 5.97 Å². The van der Waals surface area contributed by atoms with E-state index in [1.54, 1.807) is 7.11 Å². The van der Waals surface area contributed by atoms with E-state index in [1.807, 2.05) is 11.9 Å². The summed E-state index contributed by atoms with van der Waals surface area (Å²) in [4.78, 5) is 12.7. The van der Waals surface area contributed by atoms with E-state index in [9.17, 15) is 13.2 Å². The maximum Gasteiger partial charge on any atom is 0.335 e. The van der Waals surface area contributed by atoms with E-state index in [2.05, 4.69) is 4.72 Å². The number of sulfonamides is 1. The molecule has 0 spiro atoms. The van der Waals surface area contributed by atoms with Gasteiger partial charge in [-0.3, -0.25) is 0 Å². The Hall–Kier alpha value is -1.48. The van der Waals surface area contributed by atoms with Gasteiger partial charge in [0.1, 0.15) is 0 Å². The summed E-state index contributed by atoms with van der Waals surface area (Å²) in [5.74, 6) is -1.09. The molecule has 0 aliphatic heterocycles. The van der Waals surface area contributed by atoms with Crippen LogP contribution in [0.15, 0.2) is 29.2 Å². The first kappa shape index (κ1) is 17.6. The molecule has 1 rings (SSSR count). The van der Waals surface area contributed by atoms with Crippen LogP contribution in [0, 0.1) is 0 Å². The molecule has 8 heteroatoms. The van der Waals surface area contributed by atoms with Gasteiger partial charge in [0.2, 0.25) is 10.0 Å². The lowest BCUT2D eigenvalue weighted by Crippen LogP contribution is -2.34. The first-order valence-electron chi connectivity index (χ1n) is 6.37. The third-order valence-electron chi connectivity index (χ3n) is 2.87. The van der Waals surface area contributed by atoms with Gasteiger partial charge in [-0.15, -0.1) is 0 Å². The zero-order valence-corrected chi connectivity index (χ0v) is 12.9. The summed E-state index contributed by atoms with van der Waals surface area (Å²) in [6.45, 7) is 2.12. The first-order chi connectivity index (χ1) is 9.86. The Bertz CT molecular complexity index is 556. The summed E-state index contributed by atoms with van der Waals surface area (Å²) < 4.78 is 31.4. The van der Waals surface area contributed by atoms with Crippen molar-refractivity contribution in [3.63, 3.8) is 0 Å². The van der Waals surface area contributed by atoms with Crippen LogP contribution < -0.4 is 4.72 Å². The van der Waals surface area contributed by atoms with Crippen LogP contribution in [0.2, 0.25) is 0 Å². The highest BCUT2D eigenvalue weighted by molar-refractivity contribution is 7.89. The van der Waals surface area contributed by atoms with Crippen LogP contribution in [0.1, 0.15) is 10.4 Å². The van der Waals surface area contributed by atoms with Gasteiger partial charge < -0.3 is 14.7 Å². The molecule has 0 aromatic heterocycles. The van der Waals surface area contributed by atoms with Crippen LogP contribution in [0.4, 0.5) is 0 Å². The second-order valence-corrected chi connectivity index (χ2v) is 6.29. The Morgan fingerprint density at radius 3 is 2.43 bits per heavy atom. The number of carboxylic acids is 1. The van der Waals surface area contributed by atoms with Crippen LogP contribution in [0.25, 0.3) is 0 Å². The second-order valence-electron chi connectivity index (χ2n) is 4.52. The topological polar surface area (TPSA) is 95.9 Å². The third-order valence-corrected chi connectivity index (χ3v) is 4.35. The standard InChI is InChI=1S/C13H20N2O5S/c1-15(9-10-20-2)8-7-14-21(18,19)12-5-3-11(4-6-12)13(16)17/h3-6,14H,7-10H2,1-2H3,(H,16,17). The fraction of sp³-hybridized carbons (Fsp3) is 0.462. The van der Waals surface area contributed by atoms with Crippen LogP contribution in [-0.4, -0.2) is 64.8 Å². The Morgan fingerprint density at radius 1 is 1.29 bits per heavy atom. The summed E-state index contributed by atoms with van der Waals surface area (Å²) >= 11 is 0. The van der Waals surface area contributed by atoms with Gasteiger partial charge in [-0.2, -0.15) is 0 Å². The number of carboxylic acid groups (broad SMARTS) is 1. The molecule has 0 bridgehead atoms. The molecule has 118 valence electrons. The van der Waals surface area contributed by atoms with Gasteiger partial charge in [0, 0.05) is 26.7 Å². The Balaban J connectivity index is 2.55. The number of nitrogens with one attached hydrogen (secondary N) is 1. The molecule has 0 atom stereocenters. The Labute approximate surface area is 124 Å². The summed E-state index contributed by atoms with van der Waals surface area (Å²) in [5.41, 5.74) is 0.0493. The maximum absolute atomic E-state index is 12.0. The molecule has 1 aromatic carbocycles. The van der Waals surface area contributed by atoms with E-state index in [0.717, 1.165) is 0 Å². The largest absolute Gasteiger partial charge is 0.478 e. The average Bonchev–Trinajstić information content (AvgIpc) is 2.45. The molecule has 0 saturated carbocycles. The van der Waals surface area contributed by atoms with Crippen molar-refractivity contribution in [2.24, 2.45) is 0 Å². The minimum absolute atomic E-state index is 0.0482. The number of rotatable bonds is 9. The smallest absolute Gasteiger partial charge is 0.335 e. The van der Waals surface area contributed by atoms with E-state index in [-0.39, 0.29) is 17.0 Å². The van der Waals surface area contributed by atoms with Gasteiger partial charge in [-0.05, 0) is 31.3 Å². The van der Waals surface area contributed by atoms with Crippen molar-refractivity contribution >= 4 is 16.0 Å². The van der Waals surface area contributed by atoms with Crippen LogP contribution >= 0.6 is 0 Å². The van der Waals surface area contributed by atoms with Gasteiger partial charge in [-0.1, -0.05) is 0 Å². The molecule has 0 radical (unpaired) electrons. The number of hydrogen-bond donors (Lipinski definition) is 2. The highest BCUT2D eigenvalue weighted by atomic mass is 32.2. The van der Waals surface area contributed by atoms with Crippen LogP contribution in [0.3, 0.4) is 0 Å². The lowest BCUT2D eigenvalue weighted by atomic mass is 10.2. The van der Waals surface area contributed by atoms with E-state index >= 15 is 0 Å². The molecule has 0 fully saturated rings. The van der Waals surface area contributed by atoms with Crippen molar-refractivity contribution in [2.45, 2.75) is 4.90 Å². The molecule has 0 heterocycles. The highest BCUT2D eigenvalue weighted by Gasteiger charge is 2.14. The molecule has 1 aromatic rings. The van der Waals surface area contributed by atoms with Gasteiger partial charge in [0.25, 0.3) is 0 Å². The zero-order chi connectivity index (χ0) is 15.9. The van der Waals surface area contributed by atoms with Crippen LogP contribution in [-0.2, 0) is 14.8 Å². The van der Waals surface area contributed by atoms with Gasteiger partial charge in [0.05, 0.1) is 17.1 Å². The Kier molecular flexibility index (Phi) is 6.76. The lowest BCUT2D eigenvalue weighted by molar-refractivity contribution is 0.0696. The quantitative estimate of drug-likeness (QED) is 0.677. The number of aromatic carboxylic acids is 1. The van der Waals surface area contributed by atoms with E-state index in [1.165, 1.54) is 24.3 Å². The predicted molar refractivity (Wildman–Crippen MR) is 78.0 cm³/mol. The van der Waals surface area contributed by atoms with Gasteiger partial charge in [-0.25, -0.2) is 17.9 Å². The molecule has 0 aliphatic rings. The zero-order valence-electron chi connectivity index (χ0n) is 12.1. The van der Waals surface area contributed by atoms with Crippen molar-refractivity contribution < 1.29 is 23.1 Å². The molecule has 0 saturated heterocycles. The molecular weight excluding hydrogens is 296 g/mol. The van der Waals surface area contributed by atoms with Crippen molar-refractivity contribution in [1.82, 2.24) is 9.62 Å². The summed E-state index contributed by atoms with van der Waals surface area (Å²) in [7, 11) is -0.141. The van der Waals surface area contributed by atoms with Crippen molar-refractivity contribution in [1.29, 1.82) is 0 Å². The summed E-state index contributed by atoms with van der Waals surface area (Å²) in [6, 6.07) is 5.09. The van der Waals surface area contributed by atoms with Crippen molar-refractivity contribution in [2.75, 3.05) is 40.4 Å². The Morgan fingerprint density at radius 2 is 1.90 bits per heavy atom. The SMILES string of the molecule is COCCN(C)CCNS(=O)(=O)c1ccc(C(=O)O)cc1. The van der Waals surface area contributed by atoms with Crippen molar-refractivity contribution in [3.8, 4) is 0 Å². The number of methoxy groups -OCH3 is 1. The minimum Gasteiger partial charge on any atom is -0.478 e. The molecular formula is C13H20N2O5S. The average molecular weight is 316 g/mol. The number of carbonyl (C=O) groups is 1. The lowest BCUT2D eigenvalue weighted by Gasteiger charge is -2.16. The van der Waals surface area contributed by atoms with Crippen molar-refractivity contribution in [3.05, 3.63) is 29.8 Å². The first-order valence-corrected chi connectivity index (χ1v) is 7.85. The number of hydrogen-bond acceptors (Lipinski definition) is 5. The van der Waals surface area contributed by atoms with Gasteiger partial charge in [0.15, 0.2) is 0 Å². The minimum atomic E-state index is -3.62. The van der Waals surface area contributed by atoms with Crippen LogP contribution in [0.5, 0.6) is 0 Å². The fourth-order valence-corrected chi connectivity index (χ4v) is 2.61. The number of ether oxygens (including phenoxy) is 1. The molecule has 0 aliphatic carbocycles. The normalized spacial score (nSPS) is 11.8. The van der Waals surface area contributed by atoms with E-state index in [4.69, 9.17) is 9.84 Å². The van der Waals surface area contributed by atoms with E-state index in [0.29, 0.717) is 19.7 Å².